The van der Waals surface area contributed by atoms with Crippen molar-refractivity contribution in [2.75, 3.05) is 0 Å². The van der Waals surface area contributed by atoms with Gasteiger partial charge in [0.15, 0.2) is 0 Å². The summed E-state index contributed by atoms with van der Waals surface area (Å²) in [7, 11) is 3.14. The summed E-state index contributed by atoms with van der Waals surface area (Å²) in [5.41, 5.74) is 6.44. The molecule has 5 nitrogen and oxygen atoms in total. The lowest BCUT2D eigenvalue weighted by Crippen LogP contribution is -2.41. The first kappa shape index (κ1) is 14.9. The summed E-state index contributed by atoms with van der Waals surface area (Å²) in [5, 5.41) is 0. The molecule has 0 radical (unpaired) electrons. The van der Waals surface area contributed by atoms with Crippen LogP contribution in [0.1, 0.15) is 18.2 Å². The molecule has 0 aliphatic rings. The third-order valence-electron chi connectivity index (χ3n) is 2.60. The standard InChI is InChI=1S/C10H17N3O2.ClH/c1-6(11)5-8-7(2)12(3)10(15)13(4)9(8)14;/h6H,5,11H2,1-4H3;1H. The Morgan fingerprint density at radius 3 is 2.19 bits per heavy atom. The molecule has 0 fully saturated rings. The molecule has 0 aromatic carbocycles. The average Bonchev–Trinajstić information content (AvgIpc) is 2.18. The highest BCUT2D eigenvalue weighted by Gasteiger charge is 2.12. The Morgan fingerprint density at radius 2 is 1.75 bits per heavy atom. The van der Waals surface area contributed by atoms with E-state index in [-0.39, 0.29) is 29.7 Å². The number of nitrogens with zero attached hydrogens (tertiary/aromatic N) is 2. The molecule has 1 aromatic rings. The fourth-order valence-electron chi connectivity index (χ4n) is 1.57. The molecule has 0 saturated heterocycles. The van der Waals surface area contributed by atoms with Gasteiger partial charge in [0.05, 0.1) is 0 Å². The van der Waals surface area contributed by atoms with Gasteiger partial charge in [-0.3, -0.25) is 9.36 Å². The molecule has 0 spiro atoms. The van der Waals surface area contributed by atoms with Crippen LogP contribution in [0, 0.1) is 6.92 Å². The summed E-state index contributed by atoms with van der Waals surface area (Å²) in [6, 6.07) is -0.0890. The van der Waals surface area contributed by atoms with E-state index in [4.69, 9.17) is 5.73 Å². The Morgan fingerprint density at radius 1 is 1.25 bits per heavy atom. The Bertz CT molecular complexity index is 488. The number of halogens is 1. The van der Waals surface area contributed by atoms with Crippen LogP contribution < -0.4 is 17.0 Å². The Hall–Kier alpha value is -1.07. The molecule has 1 heterocycles. The fourth-order valence-corrected chi connectivity index (χ4v) is 1.57. The van der Waals surface area contributed by atoms with E-state index in [1.54, 1.807) is 14.0 Å². The molecule has 1 aromatic heterocycles. The number of hydrogen-bond acceptors (Lipinski definition) is 3. The average molecular weight is 248 g/mol. The van der Waals surface area contributed by atoms with E-state index in [2.05, 4.69) is 0 Å². The summed E-state index contributed by atoms with van der Waals surface area (Å²) >= 11 is 0. The maximum atomic E-state index is 11.8. The highest BCUT2D eigenvalue weighted by atomic mass is 35.5. The molecule has 16 heavy (non-hydrogen) atoms. The molecule has 0 aliphatic heterocycles. The SMILES string of the molecule is Cc1c(CC(C)N)c(=O)n(C)c(=O)n1C.Cl. The first-order valence-corrected chi connectivity index (χ1v) is 4.87. The van der Waals surface area contributed by atoms with Gasteiger partial charge in [-0.15, -0.1) is 12.4 Å². The molecule has 0 saturated carbocycles. The van der Waals surface area contributed by atoms with Crippen LogP contribution in [0.4, 0.5) is 0 Å². The molecular weight excluding hydrogens is 230 g/mol. The van der Waals surface area contributed by atoms with Crippen molar-refractivity contribution in [1.29, 1.82) is 0 Å². The summed E-state index contributed by atoms with van der Waals surface area (Å²) in [6.07, 6.45) is 0.493. The van der Waals surface area contributed by atoms with Gasteiger partial charge in [0, 0.05) is 31.4 Å². The minimum Gasteiger partial charge on any atom is -0.328 e. The van der Waals surface area contributed by atoms with Crippen molar-refractivity contribution in [2.45, 2.75) is 26.3 Å². The van der Waals surface area contributed by atoms with Crippen molar-refractivity contribution in [3.63, 3.8) is 0 Å². The van der Waals surface area contributed by atoms with Crippen molar-refractivity contribution in [2.24, 2.45) is 19.8 Å². The van der Waals surface area contributed by atoms with Crippen LogP contribution in [0.2, 0.25) is 0 Å². The quantitative estimate of drug-likeness (QED) is 0.781. The van der Waals surface area contributed by atoms with Gasteiger partial charge >= 0.3 is 5.69 Å². The van der Waals surface area contributed by atoms with Crippen molar-refractivity contribution < 1.29 is 0 Å². The third kappa shape index (κ3) is 2.54. The highest BCUT2D eigenvalue weighted by molar-refractivity contribution is 5.85. The number of nitrogens with two attached hydrogens (primary N) is 1. The molecule has 0 amide bonds. The van der Waals surface area contributed by atoms with Gasteiger partial charge in [-0.2, -0.15) is 0 Å². The second kappa shape index (κ2) is 5.32. The minimum atomic E-state index is -0.300. The highest BCUT2D eigenvalue weighted by Crippen LogP contribution is 2.01. The first-order chi connectivity index (χ1) is 6.86. The number of rotatable bonds is 2. The minimum absolute atomic E-state index is 0. The number of aromatic nitrogens is 2. The van der Waals surface area contributed by atoms with Gasteiger partial charge in [0.2, 0.25) is 0 Å². The van der Waals surface area contributed by atoms with E-state index in [0.29, 0.717) is 17.7 Å². The van der Waals surface area contributed by atoms with E-state index < -0.39 is 0 Å². The van der Waals surface area contributed by atoms with Crippen LogP contribution in [0.3, 0.4) is 0 Å². The lowest BCUT2D eigenvalue weighted by Gasteiger charge is -2.13. The number of hydrogen-bond donors (Lipinski definition) is 1. The van der Waals surface area contributed by atoms with E-state index in [9.17, 15) is 9.59 Å². The van der Waals surface area contributed by atoms with Crippen molar-refractivity contribution in [3.05, 3.63) is 32.1 Å². The molecule has 1 unspecified atom stereocenters. The van der Waals surface area contributed by atoms with Crippen LogP contribution in [0.5, 0.6) is 0 Å². The largest absolute Gasteiger partial charge is 0.330 e. The smallest absolute Gasteiger partial charge is 0.328 e. The Kier molecular flexibility index (Phi) is 4.96. The van der Waals surface area contributed by atoms with Crippen LogP contribution in [0.25, 0.3) is 0 Å². The van der Waals surface area contributed by atoms with Gasteiger partial charge in [-0.25, -0.2) is 4.79 Å². The second-order valence-corrected chi connectivity index (χ2v) is 3.95. The molecule has 1 atom stereocenters. The molecule has 6 heteroatoms. The Labute approximate surface area is 100 Å². The second-order valence-electron chi connectivity index (χ2n) is 3.95. The fraction of sp³-hybridized carbons (Fsp3) is 0.600. The van der Waals surface area contributed by atoms with E-state index in [0.717, 1.165) is 4.57 Å². The first-order valence-electron chi connectivity index (χ1n) is 4.87. The van der Waals surface area contributed by atoms with E-state index in [1.807, 2.05) is 6.92 Å². The zero-order chi connectivity index (χ0) is 11.7. The summed E-state index contributed by atoms with van der Waals surface area (Å²) < 4.78 is 2.59. The van der Waals surface area contributed by atoms with Crippen molar-refractivity contribution in [3.8, 4) is 0 Å². The van der Waals surface area contributed by atoms with Gasteiger partial charge < -0.3 is 10.3 Å². The third-order valence-corrected chi connectivity index (χ3v) is 2.60. The van der Waals surface area contributed by atoms with Gasteiger partial charge in [0.1, 0.15) is 0 Å². The van der Waals surface area contributed by atoms with E-state index in [1.165, 1.54) is 11.6 Å². The molecular formula is C10H18ClN3O2. The predicted octanol–water partition coefficient (Wildman–Crippen LogP) is -0.296. The summed E-state index contributed by atoms with van der Waals surface area (Å²) in [4.78, 5) is 23.3. The van der Waals surface area contributed by atoms with Gasteiger partial charge in [-0.1, -0.05) is 0 Å². The molecule has 1 rings (SSSR count). The van der Waals surface area contributed by atoms with E-state index >= 15 is 0 Å². The van der Waals surface area contributed by atoms with Crippen LogP contribution in [-0.4, -0.2) is 15.2 Å². The van der Waals surface area contributed by atoms with Crippen molar-refractivity contribution >= 4 is 12.4 Å². The maximum absolute atomic E-state index is 11.8. The molecule has 0 aliphatic carbocycles. The predicted molar refractivity (Wildman–Crippen MR) is 66.3 cm³/mol. The lowest BCUT2D eigenvalue weighted by atomic mass is 10.1. The van der Waals surface area contributed by atoms with Crippen LogP contribution in [0.15, 0.2) is 9.59 Å². The summed E-state index contributed by atoms with van der Waals surface area (Å²) in [5.74, 6) is 0. The monoisotopic (exact) mass is 247 g/mol. The van der Waals surface area contributed by atoms with Crippen molar-refractivity contribution in [1.82, 2.24) is 9.13 Å². The zero-order valence-electron chi connectivity index (χ0n) is 9.98. The summed E-state index contributed by atoms with van der Waals surface area (Å²) in [6.45, 7) is 3.60. The topological polar surface area (TPSA) is 70.0 Å². The maximum Gasteiger partial charge on any atom is 0.330 e. The van der Waals surface area contributed by atoms with Crippen LogP contribution >= 0.6 is 12.4 Å². The normalized spacial score (nSPS) is 12.1. The van der Waals surface area contributed by atoms with Crippen LogP contribution in [-0.2, 0) is 20.5 Å². The lowest BCUT2D eigenvalue weighted by molar-refractivity contribution is 0.628. The molecule has 92 valence electrons. The molecule has 2 N–H and O–H groups in total. The Balaban J connectivity index is 0.00000225. The zero-order valence-corrected chi connectivity index (χ0v) is 10.8. The van der Waals surface area contributed by atoms with Gasteiger partial charge in [-0.05, 0) is 20.3 Å². The molecule has 0 bridgehead atoms. The van der Waals surface area contributed by atoms with Gasteiger partial charge in [0.25, 0.3) is 5.56 Å².